The summed E-state index contributed by atoms with van der Waals surface area (Å²) >= 11 is 5.84. The first-order chi connectivity index (χ1) is 18.9. The van der Waals surface area contributed by atoms with Gasteiger partial charge in [-0.2, -0.15) is 0 Å². The van der Waals surface area contributed by atoms with E-state index in [2.05, 4.69) is 9.88 Å². The standard InChI is InChI=1S/C28H27ClFN5O4/c29-19-3-1-18(21(30)13-19)16-39-26-6-2-17-7-10-34(15-24(17)32-26)11-8-25-31-22-4-5-23(28(36)37)33-27(22)35(25)14-20-9-12-38-20/h1-6,13,20H,7-12,14-16H2,(H,36,37)/t20-/m0/s1. The van der Waals surface area contributed by atoms with Gasteiger partial charge >= 0.3 is 5.97 Å². The molecule has 1 N–H and O–H groups in total. The molecule has 1 aromatic carbocycles. The van der Waals surface area contributed by atoms with Crippen LogP contribution >= 0.6 is 11.6 Å². The largest absolute Gasteiger partial charge is 0.477 e. The van der Waals surface area contributed by atoms with Crippen LogP contribution in [0.25, 0.3) is 11.2 Å². The third kappa shape index (κ3) is 5.59. The zero-order valence-electron chi connectivity index (χ0n) is 21.1. The Morgan fingerprint density at radius 3 is 2.82 bits per heavy atom. The van der Waals surface area contributed by atoms with E-state index in [-0.39, 0.29) is 18.4 Å². The average molecular weight is 552 g/mol. The average Bonchev–Trinajstić information content (AvgIpc) is 3.25. The van der Waals surface area contributed by atoms with Crippen LogP contribution in [0.4, 0.5) is 4.39 Å². The number of hydrogen-bond donors (Lipinski definition) is 1. The minimum Gasteiger partial charge on any atom is -0.477 e. The number of carboxylic acid groups (broad SMARTS) is 1. The fourth-order valence-electron chi connectivity index (χ4n) is 4.95. The van der Waals surface area contributed by atoms with E-state index >= 15 is 0 Å². The van der Waals surface area contributed by atoms with Crippen LogP contribution in [0, 0.1) is 5.82 Å². The van der Waals surface area contributed by atoms with Gasteiger partial charge in [0.2, 0.25) is 5.88 Å². The molecule has 0 radical (unpaired) electrons. The molecule has 0 spiro atoms. The number of ether oxygens (including phenoxy) is 2. The summed E-state index contributed by atoms with van der Waals surface area (Å²) < 4.78 is 27.5. The van der Waals surface area contributed by atoms with Crippen molar-refractivity contribution in [2.24, 2.45) is 0 Å². The second-order valence-corrected chi connectivity index (χ2v) is 10.3. The number of halogens is 2. The minimum absolute atomic E-state index is 0.000244. The monoisotopic (exact) mass is 551 g/mol. The highest BCUT2D eigenvalue weighted by Crippen LogP contribution is 2.24. The van der Waals surface area contributed by atoms with Gasteiger partial charge in [-0.25, -0.2) is 24.1 Å². The van der Waals surface area contributed by atoms with Crippen molar-refractivity contribution in [1.82, 2.24) is 24.4 Å². The molecular formula is C28H27ClFN5O4. The van der Waals surface area contributed by atoms with Crippen molar-refractivity contribution >= 4 is 28.7 Å². The van der Waals surface area contributed by atoms with Gasteiger partial charge in [0.1, 0.15) is 23.8 Å². The SMILES string of the molecule is O=C(O)c1ccc2nc(CCN3CCc4ccc(OCc5ccc(Cl)cc5F)nc4C3)n(C[C@@H]3CCO3)c2n1. The van der Waals surface area contributed by atoms with E-state index in [9.17, 15) is 14.3 Å². The Hall–Kier alpha value is -3.60. The van der Waals surface area contributed by atoms with Crippen molar-refractivity contribution in [1.29, 1.82) is 0 Å². The van der Waals surface area contributed by atoms with Crippen LogP contribution in [0.5, 0.6) is 5.88 Å². The van der Waals surface area contributed by atoms with Crippen molar-refractivity contribution < 1.29 is 23.8 Å². The number of carboxylic acids is 1. The van der Waals surface area contributed by atoms with Crippen LogP contribution in [-0.4, -0.2) is 61.3 Å². The molecule has 5 heterocycles. The van der Waals surface area contributed by atoms with Crippen LogP contribution in [0.3, 0.4) is 0 Å². The molecule has 0 saturated carbocycles. The molecule has 4 aromatic rings. The van der Waals surface area contributed by atoms with Gasteiger partial charge in [-0.05, 0) is 42.7 Å². The second-order valence-electron chi connectivity index (χ2n) is 9.82. The van der Waals surface area contributed by atoms with Gasteiger partial charge in [0.05, 0.1) is 18.3 Å². The Morgan fingerprint density at radius 1 is 1.18 bits per heavy atom. The van der Waals surface area contributed by atoms with E-state index in [1.54, 1.807) is 18.2 Å². The summed E-state index contributed by atoms with van der Waals surface area (Å²) in [5.41, 5.74) is 3.79. The number of aromatic nitrogens is 4. The summed E-state index contributed by atoms with van der Waals surface area (Å²) in [4.78, 5) is 27.7. The van der Waals surface area contributed by atoms with Crippen molar-refractivity contribution in [3.8, 4) is 5.88 Å². The van der Waals surface area contributed by atoms with E-state index in [0.717, 1.165) is 44.1 Å². The molecule has 3 aromatic heterocycles. The number of fused-ring (bicyclic) bond motifs is 2. The number of nitrogens with zero attached hydrogens (tertiary/aromatic N) is 5. The number of aromatic carboxylic acids is 1. The zero-order valence-corrected chi connectivity index (χ0v) is 21.9. The number of benzene rings is 1. The lowest BCUT2D eigenvalue weighted by Crippen LogP contribution is -2.34. The van der Waals surface area contributed by atoms with Crippen LogP contribution in [-0.2, 0) is 37.3 Å². The number of imidazole rings is 1. The maximum absolute atomic E-state index is 14.1. The molecule has 39 heavy (non-hydrogen) atoms. The molecule has 0 amide bonds. The highest BCUT2D eigenvalue weighted by molar-refractivity contribution is 6.30. The zero-order chi connectivity index (χ0) is 26.9. The number of carbonyl (C=O) groups is 1. The maximum Gasteiger partial charge on any atom is 0.354 e. The third-order valence-electron chi connectivity index (χ3n) is 7.23. The lowest BCUT2D eigenvalue weighted by molar-refractivity contribution is -0.0591. The Balaban J connectivity index is 1.14. The fourth-order valence-corrected chi connectivity index (χ4v) is 5.11. The lowest BCUT2D eigenvalue weighted by Gasteiger charge is -2.29. The predicted molar refractivity (Wildman–Crippen MR) is 142 cm³/mol. The Bertz CT molecular complexity index is 1540. The van der Waals surface area contributed by atoms with E-state index in [4.69, 9.17) is 31.0 Å². The van der Waals surface area contributed by atoms with Crippen molar-refractivity contribution in [2.75, 3.05) is 19.7 Å². The first kappa shape index (κ1) is 25.7. The van der Waals surface area contributed by atoms with Crippen LogP contribution < -0.4 is 4.74 Å². The molecule has 1 atom stereocenters. The molecule has 202 valence electrons. The van der Waals surface area contributed by atoms with Gasteiger partial charge in [0.25, 0.3) is 0 Å². The van der Waals surface area contributed by atoms with Crippen LogP contribution in [0.15, 0.2) is 42.5 Å². The molecule has 2 aliphatic heterocycles. The summed E-state index contributed by atoms with van der Waals surface area (Å²) in [5, 5.41) is 9.75. The molecule has 2 aliphatic rings. The number of pyridine rings is 2. The van der Waals surface area contributed by atoms with Crippen molar-refractivity contribution in [3.05, 3.63) is 81.6 Å². The smallest absolute Gasteiger partial charge is 0.354 e. The van der Waals surface area contributed by atoms with Gasteiger partial charge in [-0.1, -0.05) is 23.7 Å². The summed E-state index contributed by atoms with van der Waals surface area (Å²) in [6.07, 6.45) is 2.58. The Labute approximate surface area is 229 Å². The van der Waals surface area contributed by atoms with E-state index in [1.165, 1.54) is 17.7 Å². The Morgan fingerprint density at radius 2 is 2.05 bits per heavy atom. The maximum atomic E-state index is 14.1. The van der Waals surface area contributed by atoms with Crippen molar-refractivity contribution in [3.63, 3.8) is 0 Å². The van der Waals surface area contributed by atoms with Gasteiger partial charge in [-0.3, -0.25) is 4.90 Å². The normalized spacial score (nSPS) is 17.1. The topological polar surface area (TPSA) is 103 Å². The molecule has 1 fully saturated rings. The van der Waals surface area contributed by atoms with E-state index < -0.39 is 11.8 Å². The van der Waals surface area contributed by atoms with E-state index in [0.29, 0.717) is 47.1 Å². The molecular weight excluding hydrogens is 525 g/mol. The van der Waals surface area contributed by atoms with Crippen molar-refractivity contribution in [2.45, 2.75) is 45.1 Å². The van der Waals surface area contributed by atoms with Gasteiger partial charge < -0.3 is 19.1 Å². The first-order valence-electron chi connectivity index (χ1n) is 12.9. The molecule has 9 nitrogen and oxygen atoms in total. The quantitative estimate of drug-likeness (QED) is 0.329. The van der Waals surface area contributed by atoms with Gasteiger partial charge in [0.15, 0.2) is 11.3 Å². The summed E-state index contributed by atoms with van der Waals surface area (Å²) in [5.74, 6) is -0.160. The molecule has 1 saturated heterocycles. The summed E-state index contributed by atoms with van der Waals surface area (Å²) in [7, 11) is 0. The minimum atomic E-state index is -1.06. The number of hydrogen-bond acceptors (Lipinski definition) is 7. The van der Waals surface area contributed by atoms with Crippen LogP contribution in [0.2, 0.25) is 5.02 Å². The second kappa shape index (κ2) is 10.9. The highest BCUT2D eigenvalue weighted by Gasteiger charge is 2.24. The summed E-state index contributed by atoms with van der Waals surface area (Å²) in [6.45, 7) is 3.70. The summed E-state index contributed by atoms with van der Waals surface area (Å²) in [6, 6.07) is 11.6. The molecule has 11 heteroatoms. The predicted octanol–water partition coefficient (Wildman–Crippen LogP) is 4.29. The first-order valence-corrected chi connectivity index (χ1v) is 13.3. The highest BCUT2D eigenvalue weighted by atomic mass is 35.5. The molecule has 0 aliphatic carbocycles. The Kier molecular flexibility index (Phi) is 7.16. The molecule has 0 unspecified atom stereocenters. The van der Waals surface area contributed by atoms with Crippen LogP contribution in [0.1, 0.15) is 39.6 Å². The van der Waals surface area contributed by atoms with Gasteiger partial charge in [0, 0.05) is 49.3 Å². The van der Waals surface area contributed by atoms with Gasteiger partial charge in [-0.15, -0.1) is 0 Å². The molecule has 6 rings (SSSR count). The molecule has 0 bridgehead atoms. The number of rotatable bonds is 9. The fraction of sp³-hybridized carbons (Fsp3) is 0.357. The third-order valence-corrected chi connectivity index (χ3v) is 7.46. The lowest BCUT2D eigenvalue weighted by atomic mass is 10.0. The van der Waals surface area contributed by atoms with E-state index in [1.807, 2.05) is 16.7 Å².